The topological polar surface area (TPSA) is 187 Å². The fourth-order valence-corrected chi connectivity index (χ4v) is 6.61. The molecule has 1 saturated heterocycles. The lowest BCUT2D eigenvalue weighted by molar-refractivity contribution is -0.146. The Morgan fingerprint density at radius 3 is 2.51 bits per heavy atom. The number of benzene rings is 2. The van der Waals surface area contributed by atoms with E-state index in [9.17, 15) is 28.8 Å². The predicted molar refractivity (Wildman–Crippen MR) is 189 cm³/mol. The second kappa shape index (κ2) is 19.8. The third-order valence-corrected chi connectivity index (χ3v) is 9.54. The van der Waals surface area contributed by atoms with E-state index in [1.165, 1.54) is 13.1 Å². The average molecular weight is 725 g/mol. The second-order valence-electron chi connectivity index (χ2n) is 12.0. The maximum atomic E-state index is 13.9. The van der Waals surface area contributed by atoms with Crippen LogP contribution in [0, 0.1) is 11.8 Å². The van der Waals surface area contributed by atoms with Crippen molar-refractivity contribution in [2.75, 3.05) is 13.2 Å². The van der Waals surface area contributed by atoms with Gasteiger partial charge in [0.1, 0.15) is 36.3 Å². The van der Waals surface area contributed by atoms with Crippen molar-refractivity contribution in [3.8, 4) is 17.6 Å². The normalized spacial score (nSPS) is 18.5. The molecular weight excluding hydrogens is 679 g/mol. The third-order valence-electron chi connectivity index (χ3n) is 7.89. The monoisotopic (exact) mass is 724 g/mol. The van der Waals surface area contributed by atoms with E-state index < -0.39 is 56.0 Å². The number of hydrogen-bond donors (Lipinski definition) is 4. The molecule has 1 fully saturated rings. The quantitative estimate of drug-likeness (QED) is 0.0644. The molecule has 1 aliphatic rings. The lowest BCUT2D eigenvalue weighted by Gasteiger charge is -2.24. The molecule has 4 rings (SSSR count). The zero-order chi connectivity index (χ0) is 36.6. The van der Waals surface area contributed by atoms with Crippen LogP contribution in [0.15, 0.2) is 76.4 Å². The van der Waals surface area contributed by atoms with Crippen LogP contribution in [-0.2, 0) is 34.8 Å². The van der Waals surface area contributed by atoms with E-state index in [0.717, 1.165) is 42.2 Å². The summed E-state index contributed by atoms with van der Waals surface area (Å²) in [5.74, 6) is 4.75. The molecule has 0 radical (unpaired) electrons. The largest absolute Gasteiger partial charge is 0.460 e. The van der Waals surface area contributed by atoms with Gasteiger partial charge in [-0.2, -0.15) is 5.09 Å². The summed E-state index contributed by atoms with van der Waals surface area (Å²) in [6, 6.07) is 16.1. The number of hydrogen-bond acceptors (Lipinski definition) is 10. The van der Waals surface area contributed by atoms with Crippen molar-refractivity contribution >= 4 is 19.6 Å². The number of unbranched alkanes of at least 4 members (excludes halogenated alkanes) is 4. The number of aliphatic hydroxyl groups excluding tert-OH is 1. The number of aromatic nitrogens is 2. The summed E-state index contributed by atoms with van der Waals surface area (Å²) in [4.78, 5) is 52.2. The van der Waals surface area contributed by atoms with E-state index in [1.54, 1.807) is 42.5 Å². The smallest absolute Gasteiger partial charge is 0.459 e. The van der Waals surface area contributed by atoms with Gasteiger partial charge in [0.05, 0.1) is 19.3 Å². The molecule has 0 aliphatic carbocycles. The van der Waals surface area contributed by atoms with Crippen molar-refractivity contribution in [2.45, 2.75) is 89.9 Å². The summed E-state index contributed by atoms with van der Waals surface area (Å²) >= 11 is 0. The molecule has 1 aliphatic heterocycles. The van der Waals surface area contributed by atoms with Crippen LogP contribution < -0.4 is 26.2 Å². The highest BCUT2D eigenvalue weighted by molar-refractivity contribution is 7.52. The van der Waals surface area contributed by atoms with E-state index in [2.05, 4.69) is 34.2 Å². The highest BCUT2D eigenvalue weighted by Gasteiger charge is 2.39. The standard InChI is InChI=1S/C36H45N4O10P/c1-3-4-5-6-13-20-32(42)37-21-14-17-28-23-40(36(45)38-34(28)43)33-22-30(41)31(49-33)25-48-51(46,50-29-18-11-8-12-19-29)39-26(2)35(44)47-24-27-15-9-7-10-16-27/h7-12,15-16,18-19,23,26,30-31,33,41H,3-6,13,20-22,24-25H2,1-2H3,(H,37,42)(H,39,46)(H,38,43,45)/t26-,30+,31-,33?,51?/m1/s1. The SMILES string of the molecule is CCCCCCCC(=O)NCC#Cc1cn(C2C[C@H](O)[C@@H](COP(=O)(N[C@H](C)C(=O)OCc3ccccc3)Oc3ccccc3)O2)c(=O)[nH]c1=O. The van der Waals surface area contributed by atoms with Gasteiger partial charge in [-0.05, 0) is 31.0 Å². The summed E-state index contributed by atoms with van der Waals surface area (Å²) in [6.45, 7) is 3.14. The van der Waals surface area contributed by atoms with Gasteiger partial charge in [-0.25, -0.2) is 9.36 Å². The molecular formula is C36H45N4O10P. The number of nitrogens with one attached hydrogen (secondary N) is 3. The molecule has 2 aromatic carbocycles. The van der Waals surface area contributed by atoms with Crippen molar-refractivity contribution < 1.29 is 37.8 Å². The minimum atomic E-state index is -4.28. The molecule has 2 unspecified atom stereocenters. The van der Waals surface area contributed by atoms with Crippen LogP contribution in [0.1, 0.15) is 76.1 Å². The van der Waals surface area contributed by atoms with Crippen LogP contribution in [0.5, 0.6) is 5.75 Å². The molecule has 2 heterocycles. The van der Waals surface area contributed by atoms with Crippen LogP contribution in [0.2, 0.25) is 0 Å². The Morgan fingerprint density at radius 1 is 1.08 bits per heavy atom. The molecule has 274 valence electrons. The van der Waals surface area contributed by atoms with Crippen molar-refractivity contribution in [3.05, 3.63) is 98.8 Å². The summed E-state index contributed by atoms with van der Waals surface area (Å²) in [5, 5.41) is 16.1. The maximum Gasteiger partial charge on any atom is 0.459 e. The fourth-order valence-electron chi connectivity index (χ4n) is 5.11. The molecule has 0 spiro atoms. The van der Waals surface area contributed by atoms with Crippen molar-refractivity contribution in [1.29, 1.82) is 0 Å². The Bertz CT molecular complexity index is 1810. The number of para-hydroxylation sites is 1. The van der Waals surface area contributed by atoms with Gasteiger partial charge in [0, 0.05) is 19.0 Å². The Hall–Kier alpha value is -4.51. The van der Waals surface area contributed by atoms with Crippen molar-refractivity contribution in [3.63, 3.8) is 0 Å². The van der Waals surface area contributed by atoms with Gasteiger partial charge in [0.25, 0.3) is 5.56 Å². The molecule has 1 amide bonds. The molecule has 3 aromatic rings. The van der Waals surface area contributed by atoms with Crippen LogP contribution in [0.4, 0.5) is 0 Å². The molecule has 0 bridgehead atoms. The van der Waals surface area contributed by atoms with Crippen LogP contribution >= 0.6 is 7.75 Å². The zero-order valence-electron chi connectivity index (χ0n) is 28.7. The van der Waals surface area contributed by atoms with E-state index in [0.29, 0.717) is 6.42 Å². The molecule has 0 saturated carbocycles. The van der Waals surface area contributed by atoms with E-state index >= 15 is 0 Å². The van der Waals surface area contributed by atoms with Gasteiger partial charge in [-0.15, -0.1) is 0 Å². The van der Waals surface area contributed by atoms with Crippen LogP contribution in [0.25, 0.3) is 0 Å². The van der Waals surface area contributed by atoms with Crippen molar-refractivity contribution in [1.82, 2.24) is 20.0 Å². The minimum Gasteiger partial charge on any atom is -0.460 e. The van der Waals surface area contributed by atoms with Gasteiger partial charge in [0.2, 0.25) is 5.91 Å². The first-order valence-corrected chi connectivity index (χ1v) is 18.5. The fraction of sp³-hybridized carbons (Fsp3) is 0.444. The number of nitrogens with zero attached hydrogens (tertiary/aromatic N) is 1. The second-order valence-corrected chi connectivity index (χ2v) is 13.7. The zero-order valence-corrected chi connectivity index (χ0v) is 29.6. The highest BCUT2D eigenvalue weighted by Crippen LogP contribution is 2.46. The average Bonchev–Trinajstić information content (AvgIpc) is 3.49. The summed E-state index contributed by atoms with van der Waals surface area (Å²) < 4.78 is 37.7. The number of carbonyl (C=O) groups is 2. The van der Waals surface area contributed by atoms with Gasteiger partial charge < -0.3 is 24.4 Å². The summed E-state index contributed by atoms with van der Waals surface area (Å²) in [7, 11) is -4.28. The Kier molecular flexibility index (Phi) is 15.2. The van der Waals surface area contributed by atoms with E-state index in [4.69, 9.17) is 18.5 Å². The van der Waals surface area contributed by atoms with Gasteiger partial charge in [-0.3, -0.25) is 28.5 Å². The molecule has 15 heteroatoms. The molecule has 1 aromatic heterocycles. The number of esters is 1. The number of carbonyl (C=O) groups excluding carboxylic acids is 2. The number of aliphatic hydroxyl groups is 1. The third kappa shape index (κ3) is 12.6. The van der Waals surface area contributed by atoms with E-state index in [1.807, 2.05) is 18.2 Å². The van der Waals surface area contributed by atoms with Gasteiger partial charge in [-0.1, -0.05) is 93.0 Å². The molecule has 14 nitrogen and oxygen atoms in total. The number of aromatic amines is 1. The first-order valence-electron chi connectivity index (χ1n) is 17.0. The Labute approximate surface area is 296 Å². The number of ether oxygens (including phenoxy) is 2. The summed E-state index contributed by atoms with van der Waals surface area (Å²) in [6.07, 6.45) is 3.41. The number of H-pyrrole nitrogens is 1. The van der Waals surface area contributed by atoms with Gasteiger partial charge in [0.15, 0.2) is 0 Å². The van der Waals surface area contributed by atoms with Crippen LogP contribution in [-0.4, -0.2) is 57.9 Å². The maximum absolute atomic E-state index is 13.9. The highest BCUT2D eigenvalue weighted by atomic mass is 31.2. The molecule has 5 atom stereocenters. The van der Waals surface area contributed by atoms with Gasteiger partial charge >= 0.3 is 19.4 Å². The van der Waals surface area contributed by atoms with Crippen molar-refractivity contribution in [2.24, 2.45) is 0 Å². The Morgan fingerprint density at radius 2 is 1.78 bits per heavy atom. The lowest BCUT2D eigenvalue weighted by Crippen LogP contribution is -2.36. The lowest BCUT2D eigenvalue weighted by atomic mass is 10.1. The summed E-state index contributed by atoms with van der Waals surface area (Å²) in [5.41, 5.74) is -0.776. The number of amides is 1. The van der Waals surface area contributed by atoms with E-state index in [-0.39, 0.29) is 36.8 Å². The molecule has 51 heavy (non-hydrogen) atoms. The first kappa shape index (κ1) is 39.3. The number of rotatable bonds is 18. The Balaban J connectivity index is 1.37. The predicted octanol–water partition coefficient (Wildman–Crippen LogP) is 3.94. The van der Waals surface area contributed by atoms with Crippen LogP contribution in [0.3, 0.4) is 0 Å². The minimum absolute atomic E-state index is 0.00707. The molecule has 4 N–H and O–H groups in total. The first-order chi connectivity index (χ1) is 24.6.